The SMILES string of the molecule is CCN(CC)CCNC(=O)C1CCC2CCC(=O)N21. The lowest BCUT2D eigenvalue weighted by Gasteiger charge is -2.24. The van der Waals surface area contributed by atoms with Crippen LogP contribution in [0.3, 0.4) is 0 Å². The maximum Gasteiger partial charge on any atom is 0.242 e. The summed E-state index contributed by atoms with van der Waals surface area (Å²) in [6, 6.07) is 0.114. The van der Waals surface area contributed by atoms with Crippen LogP contribution in [0.5, 0.6) is 0 Å². The normalized spacial score (nSPS) is 26.1. The molecule has 0 radical (unpaired) electrons. The highest BCUT2D eigenvalue weighted by atomic mass is 16.2. The van der Waals surface area contributed by atoms with Gasteiger partial charge in [-0.25, -0.2) is 0 Å². The maximum absolute atomic E-state index is 12.2. The van der Waals surface area contributed by atoms with E-state index in [0.29, 0.717) is 19.0 Å². The zero-order valence-corrected chi connectivity index (χ0v) is 12.0. The van der Waals surface area contributed by atoms with Crippen LogP contribution in [-0.4, -0.2) is 59.9 Å². The van der Waals surface area contributed by atoms with E-state index in [4.69, 9.17) is 0 Å². The van der Waals surface area contributed by atoms with E-state index in [1.807, 2.05) is 4.90 Å². The number of carbonyl (C=O) groups excluding carboxylic acids is 2. The molecule has 5 heteroatoms. The van der Waals surface area contributed by atoms with E-state index in [-0.39, 0.29) is 17.9 Å². The van der Waals surface area contributed by atoms with Crippen molar-refractivity contribution in [2.45, 2.75) is 51.6 Å². The molecular formula is C14H25N3O2. The molecule has 0 aliphatic carbocycles. The van der Waals surface area contributed by atoms with E-state index in [1.165, 1.54) is 0 Å². The highest BCUT2D eigenvalue weighted by Crippen LogP contribution is 2.33. The fourth-order valence-electron chi connectivity index (χ4n) is 3.22. The van der Waals surface area contributed by atoms with E-state index < -0.39 is 0 Å². The Morgan fingerprint density at radius 2 is 2.05 bits per heavy atom. The summed E-state index contributed by atoms with van der Waals surface area (Å²) in [6.07, 6.45) is 3.36. The molecule has 0 bridgehead atoms. The van der Waals surface area contributed by atoms with Crippen LogP contribution in [0.4, 0.5) is 0 Å². The zero-order valence-electron chi connectivity index (χ0n) is 12.0. The molecule has 2 heterocycles. The topological polar surface area (TPSA) is 52.7 Å². The fourth-order valence-corrected chi connectivity index (χ4v) is 3.22. The van der Waals surface area contributed by atoms with Crippen LogP contribution in [0, 0.1) is 0 Å². The summed E-state index contributed by atoms with van der Waals surface area (Å²) in [5.74, 6) is 0.191. The molecule has 0 aromatic rings. The predicted octanol–water partition coefficient (Wildman–Crippen LogP) is 0.598. The van der Waals surface area contributed by atoms with Crippen LogP contribution in [0.25, 0.3) is 0 Å². The van der Waals surface area contributed by atoms with Crippen molar-refractivity contribution in [2.24, 2.45) is 0 Å². The molecule has 108 valence electrons. The first kappa shape index (κ1) is 14.3. The Morgan fingerprint density at radius 1 is 1.32 bits per heavy atom. The third-order valence-electron chi connectivity index (χ3n) is 4.41. The second-order valence-electron chi connectivity index (χ2n) is 5.40. The van der Waals surface area contributed by atoms with Crippen molar-refractivity contribution >= 4 is 11.8 Å². The van der Waals surface area contributed by atoms with Crippen molar-refractivity contribution in [1.82, 2.24) is 15.1 Å². The average molecular weight is 267 g/mol. The van der Waals surface area contributed by atoms with Gasteiger partial charge in [-0.2, -0.15) is 0 Å². The maximum atomic E-state index is 12.2. The molecule has 2 aliphatic rings. The predicted molar refractivity (Wildman–Crippen MR) is 73.7 cm³/mol. The number of rotatable bonds is 6. The molecule has 0 saturated carbocycles. The van der Waals surface area contributed by atoms with Gasteiger partial charge in [-0.1, -0.05) is 13.8 Å². The van der Waals surface area contributed by atoms with Gasteiger partial charge in [0.2, 0.25) is 11.8 Å². The molecule has 2 atom stereocenters. The first-order chi connectivity index (χ1) is 9.17. The first-order valence-electron chi connectivity index (χ1n) is 7.48. The van der Waals surface area contributed by atoms with Gasteiger partial charge < -0.3 is 15.1 Å². The van der Waals surface area contributed by atoms with Crippen molar-refractivity contribution in [2.75, 3.05) is 26.2 Å². The minimum atomic E-state index is -0.211. The summed E-state index contributed by atoms with van der Waals surface area (Å²) in [4.78, 5) is 28.1. The first-order valence-corrected chi connectivity index (χ1v) is 7.48. The Labute approximate surface area is 115 Å². The fraction of sp³-hybridized carbons (Fsp3) is 0.857. The number of nitrogens with zero attached hydrogens (tertiary/aromatic N) is 2. The van der Waals surface area contributed by atoms with Crippen molar-refractivity contribution in [3.05, 3.63) is 0 Å². The summed E-state index contributed by atoms with van der Waals surface area (Å²) in [5, 5.41) is 2.98. The van der Waals surface area contributed by atoms with Crippen LogP contribution in [0.2, 0.25) is 0 Å². The van der Waals surface area contributed by atoms with Gasteiger partial charge in [0.05, 0.1) is 0 Å². The standard InChI is InChI=1S/C14H25N3O2/c1-3-16(4-2)10-9-15-14(19)12-7-5-11-6-8-13(18)17(11)12/h11-12H,3-10H2,1-2H3,(H,15,19). The van der Waals surface area contributed by atoms with E-state index >= 15 is 0 Å². The van der Waals surface area contributed by atoms with Crippen molar-refractivity contribution in [3.8, 4) is 0 Å². The highest BCUT2D eigenvalue weighted by Gasteiger charge is 2.44. The second kappa shape index (κ2) is 6.37. The number of nitrogens with one attached hydrogen (secondary N) is 1. The molecule has 2 rings (SSSR count). The molecule has 19 heavy (non-hydrogen) atoms. The monoisotopic (exact) mass is 267 g/mol. The molecule has 2 amide bonds. The van der Waals surface area contributed by atoms with Crippen molar-refractivity contribution in [3.63, 3.8) is 0 Å². The van der Waals surface area contributed by atoms with Gasteiger partial charge in [-0.15, -0.1) is 0 Å². The van der Waals surface area contributed by atoms with Gasteiger partial charge in [-0.05, 0) is 32.4 Å². The summed E-state index contributed by atoms with van der Waals surface area (Å²) >= 11 is 0. The summed E-state index contributed by atoms with van der Waals surface area (Å²) < 4.78 is 0. The molecule has 2 unspecified atom stereocenters. The lowest BCUT2D eigenvalue weighted by Crippen LogP contribution is -2.47. The van der Waals surface area contributed by atoms with Crippen LogP contribution < -0.4 is 5.32 Å². The number of fused-ring (bicyclic) bond motifs is 1. The summed E-state index contributed by atoms with van der Waals surface area (Å²) in [6.45, 7) is 7.79. The van der Waals surface area contributed by atoms with E-state index in [2.05, 4.69) is 24.1 Å². The molecule has 1 N–H and O–H groups in total. The lowest BCUT2D eigenvalue weighted by atomic mass is 10.1. The van der Waals surface area contributed by atoms with Crippen LogP contribution in [0.1, 0.15) is 39.5 Å². The molecule has 2 saturated heterocycles. The Morgan fingerprint density at radius 3 is 2.74 bits per heavy atom. The molecule has 2 aliphatic heterocycles. The molecule has 2 fully saturated rings. The Bertz CT molecular complexity index is 342. The highest BCUT2D eigenvalue weighted by molar-refractivity contribution is 5.89. The van der Waals surface area contributed by atoms with E-state index in [0.717, 1.165) is 38.9 Å². The van der Waals surface area contributed by atoms with Crippen LogP contribution in [-0.2, 0) is 9.59 Å². The number of carbonyl (C=O) groups is 2. The minimum Gasteiger partial charge on any atom is -0.353 e. The van der Waals surface area contributed by atoms with E-state index in [9.17, 15) is 9.59 Å². The molecule has 5 nitrogen and oxygen atoms in total. The second-order valence-corrected chi connectivity index (χ2v) is 5.40. The summed E-state index contributed by atoms with van der Waals surface area (Å²) in [7, 11) is 0. The molecular weight excluding hydrogens is 242 g/mol. The molecule has 0 aromatic carbocycles. The van der Waals surface area contributed by atoms with Gasteiger partial charge in [-0.3, -0.25) is 9.59 Å². The average Bonchev–Trinajstić information content (AvgIpc) is 2.98. The van der Waals surface area contributed by atoms with Crippen LogP contribution in [0.15, 0.2) is 0 Å². The Kier molecular flexibility index (Phi) is 4.80. The number of hydrogen-bond donors (Lipinski definition) is 1. The minimum absolute atomic E-state index is 0.0323. The summed E-state index contributed by atoms with van der Waals surface area (Å²) in [5.41, 5.74) is 0. The van der Waals surface area contributed by atoms with Gasteiger partial charge in [0.1, 0.15) is 6.04 Å². The zero-order chi connectivity index (χ0) is 13.8. The van der Waals surface area contributed by atoms with Gasteiger partial charge in [0, 0.05) is 25.6 Å². The Hall–Kier alpha value is -1.10. The quantitative estimate of drug-likeness (QED) is 0.766. The van der Waals surface area contributed by atoms with E-state index in [1.54, 1.807) is 0 Å². The van der Waals surface area contributed by atoms with Crippen molar-refractivity contribution < 1.29 is 9.59 Å². The third kappa shape index (κ3) is 3.08. The number of likely N-dealkylation sites (N-methyl/N-ethyl adjacent to an activating group) is 1. The van der Waals surface area contributed by atoms with Gasteiger partial charge >= 0.3 is 0 Å². The number of hydrogen-bond acceptors (Lipinski definition) is 3. The third-order valence-corrected chi connectivity index (χ3v) is 4.41. The van der Waals surface area contributed by atoms with Gasteiger partial charge in [0.25, 0.3) is 0 Å². The lowest BCUT2D eigenvalue weighted by molar-refractivity contribution is -0.136. The van der Waals surface area contributed by atoms with Gasteiger partial charge in [0.15, 0.2) is 0 Å². The molecule has 0 aromatic heterocycles. The molecule has 0 spiro atoms. The Balaban J connectivity index is 1.79. The largest absolute Gasteiger partial charge is 0.353 e. The van der Waals surface area contributed by atoms with Crippen molar-refractivity contribution in [1.29, 1.82) is 0 Å². The number of amides is 2. The van der Waals surface area contributed by atoms with Crippen LogP contribution >= 0.6 is 0 Å². The smallest absolute Gasteiger partial charge is 0.242 e.